The van der Waals surface area contributed by atoms with Crippen LogP contribution in [0.2, 0.25) is 0 Å². The predicted molar refractivity (Wildman–Crippen MR) is 84.2 cm³/mol. The Morgan fingerprint density at radius 3 is 2.95 bits per heavy atom. The quantitative estimate of drug-likeness (QED) is 0.778. The topological polar surface area (TPSA) is 41.0 Å². The van der Waals surface area contributed by atoms with Crippen LogP contribution < -0.4 is 10.2 Å². The molecule has 0 saturated carbocycles. The highest BCUT2D eigenvalue weighted by Gasteiger charge is 2.23. The van der Waals surface area contributed by atoms with Gasteiger partial charge in [-0.15, -0.1) is 0 Å². The molecule has 2 heterocycles. The number of hydrogen-bond acceptors (Lipinski definition) is 4. The highest BCUT2D eigenvalue weighted by molar-refractivity contribution is 5.41. The lowest BCUT2D eigenvalue weighted by atomic mass is 10.0. The zero-order chi connectivity index (χ0) is 14.2. The number of nitrogens with zero attached hydrogens (tertiary/aromatic N) is 3. The summed E-state index contributed by atoms with van der Waals surface area (Å²) in [4.78, 5) is 11.4. The van der Waals surface area contributed by atoms with E-state index in [2.05, 4.69) is 40.1 Å². The number of anilines is 1. The maximum Gasteiger partial charge on any atom is 0.132 e. The van der Waals surface area contributed by atoms with E-state index in [1.807, 2.05) is 0 Å². The van der Waals surface area contributed by atoms with Crippen molar-refractivity contribution in [3.8, 4) is 0 Å². The Labute approximate surface area is 123 Å². The van der Waals surface area contributed by atoms with Crippen molar-refractivity contribution in [3.05, 3.63) is 18.1 Å². The fraction of sp³-hybridized carbons (Fsp3) is 0.750. The third kappa shape index (κ3) is 4.17. The number of piperidine rings is 1. The first-order chi connectivity index (χ1) is 9.85. The molecule has 1 fully saturated rings. The molecule has 20 heavy (non-hydrogen) atoms. The summed E-state index contributed by atoms with van der Waals surface area (Å²) in [5.74, 6) is 1.12. The summed E-state index contributed by atoms with van der Waals surface area (Å²) in [6.45, 7) is 7.71. The van der Waals surface area contributed by atoms with E-state index < -0.39 is 0 Å². The van der Waals surface area contributed by atoms with Crippen LogP contribution in [0.1, 0.15) is 51.6 Å². The third-order valence-corrected chi connectivity index (χ3v) is 3.94. The second-order valence-electron chi connectivity index (χ2n) is 5.66. The lowest BCUT2D eigenvalue weighted by Gasteiger charge is -2.37. The van der Waals surface area contributed by atoms with Gasteiger partial charge >= 0.3 is 0 Å². The van der Waals surface area contributed by atoms with Crippen LogP contribution in [0, 0.1) is 0 Å². The summed E-state index contributed by atoms with van der Waals surface area (Å²) >= 11 is 0. The molecule has 1 N–H and O–H groups in total. The molecule has 0 amide bonds. The minimum atomic E-state index is 0.583. The standard InChI is InChI=1S/C16H28N4/c1-3-7-14-11-16(19-13-18-14)20-10-6-5-8-15(20)12-17-9-4-2/h11,13,15,17H,3-10,12H2,1-2H3. The van der Waals surface area contributed by atoms with Crippen LogP contribution in [0.5, 0.6) is 0 Å². The van der Waals surface area contributed by atoms with E-state index in [1.54, 1.807) is 6.33 Å². The van der Waals surface area contributed by atoms with Gasteiger partial charge in [0.05, 0.1) is 0 Å². The van der Waals surface area contributed by atoms with Gasteiger partial charge in [-0.2, -0.15) is 0 Å². The van der Waals surface area contributed by atoms with Crippen molar-refractivity contribution >= 4 is 5.82 Å². The molecule has 0 bridgehead atoms. The Kier molecular flexibility index (Phi) is 6.25. The molecule has 112 valence electrons. The van der Waals surface area contributed by atoms with Crippen LogP contribution in [-0.4, -0.2) is 35.6 Å². The number of aromatic nitrogens is 2. The molecule has 1 saturated heterocycles. The summed E-state index contributed by atoms with van der Waals surface area (Å²) in [6, 6.07) is 2.77. The van der Waals surface area contributed by atoms with E-state index >= 15 is 0 Å². The Balaban J connectivity index is 2.04. The highest BCUT2D eigenvalue weighted by Crippen LogP contribution is 2.23. The van der Waals surface area contributed by atoms with Crippen molar-refractivity contribution in [2.45, 2.75) is 58.4 Å². The van der Waals surface area contributed by atoms with Crippen LogP contribution in [0.15, 0.2) is 12.4 Å². The molecular weight excluding hydrogens is 248 g/mol. The highest BCUT2D eigenvalue weighted by atomic mass is 15.2. The summed E-state index contributed by atoms with van der Waals surface area (Å²) in [6.07, 6.45) is 8.98. The Morgan fingerprint density at radius 1 is 1.25 bits per heavy atom. The number of hydrogen-bond donors (Lipinski definition) is 1. The third-order valence-electron chi connectivity index (χ3n) is 3.94. The van der Waals surface area contributed by atoms with Gasteiger partial charge in [0.2, 0.25) is 0 Å². The van der Waals surface area contributed by atoms with Gasteiger partial charge in [0.25, 0.3) is 0 Å². The second-order valence-corrected chi connectivity index (χ2v) is 5.66. The largest absolute Gasteiger partial charge is 0.352 e. The predicted octanol–water partition coefficient (Wildman–Crippen LogP) is 2.79. The van der Waals surface area contributed by atoms with E-state index in [4.69, 9.17) is 0 Å². The van der Waals surface area contributed by atoms with Gasteiger partial charge < -0.3 is 10.2 Å². The Hall–Kier alpha value is -1.16. The van der Waals surface area contributed by atoms with E-state index in [9.17, 15) is 0 Å². The molecule has 1 atom stereocenters. The summed E-state index contributed by atoms with van der Waals surface area (Å²) < 4.78 is 0. The van der Waals surface area contributed by atoms with Crippen LogP contribution in [0.3, 0.4) is 0 Å². The van der Waals surface area contributed by atoms with E-state index in [0.29, 0.717) is 6.04 Å². The average molecular weight is 276 g/mol. The van der Waals surface area contributed by atoms with Gasteiger partial charge in [-0.05, 0) is 38.6 Å². The van der Waals surface area contributed by atoms with E-state index in [-0.39, 0.29) is 0 Å². The van der Waals surface area contributed by atoms with Gasteiger partial charge in [0, 0.05) is 30.9 Å². The van der Waals surface area contributed by atoms with Gasteiger partial charge in [0.15, 0.2) is 0 Å². The summed E-state index contributed by atoms with van der Waals surface area (Å²) in [7, 11) is 0. The lowest BCUT2D eigenvalue weighted by Crippen LogP contribution is -2.46. The Bertz CT molecular complexity index is 394. The molecule has 1 aromatic heterocycles. The zero-order valence-corrected chi connectivity index (χ0v) is 12.9. The Morgan fingerprint density at radius 2 is 2.15 bits per heavy atom. The van der Waals surface area contributed by atoms with Crippen molar-refractivity contribution in [1.82, 2.24) is 15.3 Å². The van der Waals surface area contributed by atoms with Crippen molar-refractivity contribution < 1.29 is 0 Å². The number of nitrogens with one attached hydrogen (secondary N) is 1. The van der Waals surface area contributed by atoms with Gasteiger partial charge in [-0.1, -0.05) is 20.3 Å². The smallest absolute Gasteiger partial charge is 0.132 e. The molecule has 1 unspecified atom stereocenters. The fourth-order valence-electron chi connectivity index (χ4n) is 2.90. The van der Waals surface area contributed by atoms with Gasteiger partial charge in [-0.25, -0.2) is 9.97 Å². The lowest BCUT2D eigenvalue weighted by molar-refractivity contribution is 0.432. The normalized spacial score (nSPS) is 19.3. The number of aryl methyl sites for hydroxylation is 1. The first kappa shape index (κ1) is 15.2. The first-order valence-corrected chi connectivity index (χ1v) is 8.13. The average Bonchev–Trinajstić information content (AvgIpc) is 2.49. The summed E-state index contributed by atoms with van der Waals surface area (Å²) in [5, 5.41) is 3.56. The molecule has 2 rings (SSSR count). The van der Waals surface area contributed by atoms with Gasteiger partial charge in [0.1, 0.15) is 12.1 Å². The van der Waals surface area contributed by atoms with E-state index in [0.717, 1.165) is 38.3 Å². The van der Waals surface area contributed by atoms with Crippen molar-refractivity contribution in [3.63, 3.8) is 0 Å². The van der Waals surface area contributed by atoms with Crippen LogP contribution in [-0.2, 0) is 6.42 Å². The molecule has 0 aliphatic carbocycles. The van der Waals surface area contributed by atoms with Gasteiger partial charge in [-0.3, -0.25) is 0 Å². The second kappa shape index (κ2) is 8.20. The SMILES string of the molecule is CCCNCC1CCCCN1c1cc(CCC)ncn1. The molecule has 1 aromatic rings. The van der Waals surface area contributed by atoms with E-state index in [1.165, 1.54) is 31.4 Å². The van der Waals surface area contributed by atoms with Crippen molar-refractivity contribution in [2.24, 2.45) is 0 Å². The molecule has 0 spiro atoms. The van der Waals surface area contributed by atoms with Crippen LogP contribution >= 0.6 is 0 Å². The van der Waals surface area contributed by atoms with Crippen LogP contribution in [0.4, 0.5) is 5.82 Å². The fourth-order valence-corrected chi connectivity index (χ4v) is 2.90. The van der Waals surface area contributed by atoms with Crippen LogP contribution in [0.25, 0.3) is 0 Å². The number of rotatable bonds is 7. The van der Waals surface area contributed by atoms with Crippen molar-refractivity contribution in [1.29, 1.82) is 0 Å². The maximum atomic E-state index is 4.51. The molecular formula is C16H28N4. The maximum absolute atomic E-state index is 4.51. The molecule has 0 radical (unpaired) electrons. The summed E-state index contributed by atoms with van der Waals surface area (Å²) in [5.41, 5.74) is 1.17. The molecule has 0 aromatic carbocycles. The monoisotopic (exact) mass is 276 g/mol. The van der Waals surface area contributed by atoms with Crippen molar-refractivity contribution in [2.75, 3.05) is 24.5 Å². The molecule has 4 heteroatoms. The molecule has 1 aliphatic heterocycles. The minimum Gasteiger partial charge on any atom is -0.352 e. The first-order valence-electron chi connectivity index (χ1n) is 8.13. The molecule has 1 aliphatic rings. The zero-order valence-electron chi connectivity index (χ0n) is 12.9. The minimum absolute atomic E-state index is 0.583. The molecule has 4 nitrogen and oxygen atoms in total.